The van der Waals surface area contributed by atoms with E-state index in [0.29, 0.717) is 5.92 Å². The molecule has 1 heteroatoms. The summed E-state index contributed by atoms with van der Waals surface area (Å²) in [5, 5.41) is 4.48. The zero-order chi connectivity index (χ0) is 27.7. The molecule has 0 aromatic heterocycles. The molecule has 0 aliphatic heterocycles. The molecule has 1 radical (unpaired) electrons. The molecule has 205 valence electrons. The molecule has 0 amide bonds. The smallest absolute Gasteiger partial charge is 0.0750 e. The molecule has 0 unspecified atom stereocenters. The summed E-state index contributed by atoms with van der Waals surface area (Å²) < 4.78 is 0. The zero-order valence-electron chi connectivity index (χ0n) is 25.1. The van der Waals surface area contributed by atoms with Crippen molar-refractivity contribution in [2.75, 3.05) is 0 Å². The molecule has 4 rings (SSSR count). The van der Waals surface area contributed by atoms with Crippen LogP contribution in [-0.4, -0.2) is 8.07 Å². The molecule has 0 spiro atoms. The van der Waals surface area contributed by atoms with Crippen LogP contribution in [0.5, 0.6) is 0 Å². The number of benzene rings is 3. The molecular weight excluding hydrogens is 485 g/mol. The fourth-order valence-corrected chi connectivity index (χ4v) is 10.7. The molecule has 0 heterocycles. The van der Waals surface area contributed by atoms with Crippen molar-refractivity contribution in [3.8, 4) is 0 Å². The quantitative estimate of drug-likeness (QED) is 0.144. The average molecular weight is 534 g/mol. The van der Waals surface area contributed by atoms with Crippen LogP contribution in [0, 0.1) is 11.5 Å². The largest absolute Gasteiger partial charge is 0.162 e. The van der Waals surface area contributed by atoms with Crippen LogP contribution >= 0.6 is 0 Å². The molecule has 0 N–H and O–H groups in total. The van der Waals surface area contributed by atoms with Crippen LogP contribution in [0.15, 0.2) is 96.6 Å². The summed E-state index contributed by atoms with van der Waals surface area (Å²) in [5.74, 6) is 0.523. The molecule has 1 aliphatic rings. The van der Waals surface area contributed by atoms with Crippen molar-refractivity contribution >= 4 is 23.6 Å². The van der Waals surface area contributed by atoms with Crippen molar-refractivity contribution in [3.05, 3.63) is 119 Å². The number of allylic oxidation sites excluding steroid dienone is 4. The molecule has 1 aliphatic carbocycles. The summed E-state index contributed by atoms with van der Waals surface area (Å²) in [7, 11) is -2.49. The lowest BCUT2D eigenvalue weighted by molar-refractivity contribution is 0.794. The minimum atomic E-state index is -2.49. The van der Waals surface area contributed by atoms with Gasteiger partial charge in [0, 0.05) is 5.54 Å². The van der Waals surface area contributed by atoms with Gasteiger partial charge in [-0.1, -0.05) is 145 Å². The van der Waals surface area contributed by atoms with Gasteiger partial charge in [0.25, 0.3) is 0 Å². The number of rotatable bonds is 14. The number of aryl methyl sites for hydroxylation is 3. The van der Waals surface area contributed by atoms with Crippen molar-refractivity contribution < 1.29 is 0 Å². The second kappa shape index (κ2) is 14.1. The highest BCUT2D eigenvalue weighted by molar-refractivity contribution is 7.15. The van der Waals surface area contributed by atoms with E-state index in [1.54, 1.807) is 0 Å². The second-order valence-corrected chi connectivity index (χ2v) is 15.5. The van der Waals surface area contributed by atoms with E-state index >= 15 is 0 Å². The van der Waals surface area contributed by atoms with Crippen LogP contribution in [0.3, 0.4) is 0 Å². The average Bonchev–Trinajstić information content (AvgIpc) is 3.47. The zero-order valence-corrected chi connectivity index (χ0v) is 26.1. The van der Waals surface area contributed by atoms with Gasteiger partial charge in [-0.05, 0) is 82.3 Å². The third-order valence-electron chi connectivity index (χ3n) is 8.50. The Morgan fingerprint density at radius 3 is 1.15 bits per heavy atom. The predicted molar refractivity (Wildman–Crippen MR) is 175 cm³/mol. The Balaban J connectivity index is 1.90. The van der Waals surface area contributed by atoms with E-state index in [0.717, 1.165) is 19.3 Å². The third kappa shape index (κ3) is 6.75. The van der Waals surface area contributed by atoms with Gasteiger partial charge in [-0.15, -0.1) is 0 Å². The Morgan fingerprint density at radius 2 is 0.872 bits per heavy atom. The van der Waals surface area contributed by atoms with Crippen molar-refractivity contribution in [3.63, 3.8) is 0 Å². The molecule has 0 fully saturated rings. The first-order chi connectivity index (χ1) is 19.0. The van der Waals surface area contributed by atoms with Gasteiger partial charge in [-0.3, -0.25) is 0 Å². The molecule has 0 bridgehead atoms. The van der Waals surface area contributed by atoms with Gasteiger partial charge in [0.1, 0.15) is 0 Å². The maximum Gasteiger partial charge on any atom is 0.162 e. The molecule has 0 atom stereocenters. The van der Waals surface area contributed by atoms with Crippen molar-refractivity contribution in [1.29, 1.82) is 0 Å². The summed E-state index contributed by atoms with van der Waals surface area (Å²) in [6.07, 6.45) is 18.3. The summed E-state index contributed by atoms with van der Waals surface area (Å²) in [4.78, 5) is 0. The third-order valence-corrected chi connectivity index (χ3v) is 13.3. The summed E-state index contributed by atoms with van der Waals surface area (Å²) in [6.45, 7) is 11.5. The van der Waals surface area contributed by atoms with Crippen LogP contribution in [0.25, 0.3) is 0 Å². The van der Waals surface area contributed by atoms with Crippen molar-refractivity contribution in [2.24, 2.45) is 5.92 Å². The normalized spacial score (nSPS) is 13.8. The molecule has 39 heavy (non-hydrogen) atoms. The minimum Gasteiger partial charge on any atom is -0.0750 e. The first-order valence-electron chi connectivity index (χ1n) is 15.6. The van der Waals surface area contributed by atoms with Gasteiger partial charge < -0.3 is 0 Å². The van der Waals surface area contributed by atoms with E-state index in [1.807, 2.05) is 0 Å². The number of hydrogen-bond donors (Lipinski definition) is 0. The van der Waals surface area contributed by atoms with Crippen molar-refractivity contribution in [1.82, 2.24) is 0 Å². The Labute approximate surface area is 240 Å². The Bertz CT molecular complexity index is 1080. The highest BCUT2D eigenvalue weighted by Gasteiger charge is 2.46. The standard InChI is InChI=1S/C38H49Si/c1-6-9-12-31-15-22-35(23-16-31)39(38-28-21-34(29-38)30(4)5,36-24-17-32(18-25-36)13-10-7-2)37-26-19-33(20-27-37)14-11-8-3/h15-30H,6-14H2,1-5H3. The van der Waals surface area contributed by atoms with E-state index < -0.39 is 8.07 Å². The number of unbranched alkanes of at least 4 members (excludes halogenated alkanes) is 3. The first-order valence-corrected chi connectivity index (χ1v) is 17.6. The highest BCUT2D eigenvalue weighted by Crippen LogP contribution is 2.31. The fourth-order valence-electron chi connectivity index (χ4n) is 5.96. The maximum atomic E-state index is 2.53. The Hall–Kier alpha value is -2.64. The summed E-state index contributed by atoms with van der Waals surface area (Å²) in [6, 6.07) is 29.2. The SMILES string of the molecule is CCCCc1ccc([Si]([C]2C=CC(C(C)C)=C2)(c2ccc(CCCC)cc2)c2ccc(CCCC)cc2)cc1. The Morgan fingerprint density at radius 1 is 0.513 bits per heavy atom. The second-order valence-electron chi connectivity index (χ2n) is 11.7. The lowest BCUT2D eigenvalue weighted by Crippen LogP contribution is -2.70. The lowest BCUT2D eigenvalue weighted by atomic mass is 10.1. The predicted octanol–water partition coefficient (Wildman–Crippen LogP) is 8.45. The van der Waals surface area contributed by atoms with E-state index in [1.165, 1.54) is 81.9 Å². The molecule has 3 aromatic rings. The molecule has 0 saturated carbocycles. The molecule has 0 saturated heterocycles. The monoisotopic (exact) mass is 533 g/mol. The van der Waals surface area contributed by atoms with Gasteiger partial charge in [0.15, 0.2) is 8.07 Å². The van der Waals surface area contributed by atoms with Crippen LogP contribution in [-0.2, 0) is 19.3 Å². The molecule has 3 aromatic carbocycles. The summed E-state index contributed by atoms with van der Waals surface area (Å²) >= 11 is 0. The first kappa shape index (κ1) is 29.3. The van der Waals surface area contributed by atoms with Gasteiger partial charge >= 0.3 is 0 Å². The topological polar surface area (TPSA) is 0 Å². The fraction of sp³-hybridized carbons (Fsp3) is 0.395. The van der Waals surface area contributed by atoms with Gasteiger partial charge in [-0.25, -0.2) is 0 Å². The minimum absolute atomic E-state index is 0.523. The maximum absolute atomic E-state index is 2.53. The van der Waals surface area contributed by atoms with E-state index in [-0.39, 0.29) is 0 Å². The summed E-state index contributed by atoms with van der Waals surface area (Å²) in [5.41, 5.74) is 7.33. The van der Waals surface area contributed by atoms with Crippen LogP contribution in [0.2, 0.25) is 0 Å². The van der Waals surface area contributed by atoms with Gasteiger partial charge in [0.05, 0.1) is 0 Å². The van der Waals surface area contributed by atoms with Gasteiger partial charge in [0.2, 0.25) is 0 Å². The van der Waals surface area contributed by atoms with Crippen LogP contribution < -0.4 is 15.6 Å². The van der Waals surface area contributed by atoms with Crippen LogP contribution in [0.1, 0.15) is 89.8 Å². The van der Waals surface area contributed by atoms with E-state index in [4.69, 9.17) is 0 Å². The van der Waals surface area contributed by atoms with Gasteiger partial charge in [-0.2, -0.15) is 0 Å². The number of hydrogen-bond acceptors (Lipinski definition) is 0. The highest BCUT2D eigenvalue weighted by atomic mass is 28.3. The van der Waals surface area contributed by atoms with Crippen molar-refractivity contribution in [2.45, 2.75) is 92.4 Å². The Kier molecular flexibility index (Phi) is 10.6. The molecule has 0 nitrogen and oxygen atoms in total. The van der Waals surface area contributed by atoms with Crippen LogP contribution in [0.4, 0.5) is 0 Å². The lowest BCUT2D eigenvalue weighted by Gasteiger charge is -2.37. The molecular formula is C38H49Si. The van der Waals surface area contributed by atoms with E-state index in [9.17, 15) is 0 Å². The van der Waals surface area contributed by atoms with E-state index in [2.05, 4.69) is 126 Å².